The van der Waals surface area contributed by atoms with E-state index in [1.165, 1.54) is 12.3 Å². The molecule has 0 amide bonds. The van der Waals surface area contributed by atoms with Crippen molar-refractivity contribution in [3.63, 3.8) is 0 Å². The van der Waals surface area contributed by atoms with Gasteiger partial charge in [-0.3, -0.25) is 0 Å². The van der Waals surface area contributed by atoms with Crippen LogP contribution in [0, 0.1) is 0 Å². The molecule has 0 saturated heterocycles. The Morgan fingerprint density at radius 1 is 1.46 bits per heavy atom. The van der Waals surface area contributed by atoms with Crippen LogP contribution in [0.1, 0.15) is 10.4 Å². The minimum atomic E-state index is -1.00. The third kappa shape index (κ3) is 1.12. The molecular weight excluding hydrogens is 170 g/mol. The van der Waals surface area contributed by atoms with Crippen molar-refractivity contribution in [2.75, 3.05) is 5.73 Å². The Bertz CT molecular complexity index is 473. The Hall–Kier alpha value is -1.97. The van der Waals surface area contributed by atoms with E-state index in [1.54, 1.807) is 12.1 Å². The quantitative estimate of drug-likeness (QED) is 0.650. The summed E-state index contributed by atoms with van der Waals surface area (Å²) in [5.74, 6) is -1.00. The van der Waals surface area contributed by atoms with Gasteiger partial charge in [0.15, 0.2) is 0 Å². The molecule has 2 rings (SSSR count). The van der Waals surface area contributed by atoms with Gasteiger partial charge in [0.25, 0.3) is 0 Å². The van der Waals surface area contributed by atoms with E-state index in [-0.39, 0.29) is 5.56 Å². The number of hydrogen-bond acceptors (Lipinski definition) is 3. The van der Waals surface area contributed by atoms with E-state index in [1.807, 2.05) is 0 Å². The SMILES string of the molecule is Nc1cc(C(=O)O)c2ccoc2c1. The maximum absolute atomic E-state index is 10.8. The smallest absolute Gasteiger partial charge is 0.336 e. The summed E-state index contributed by atoms with van der Waals surface area (Å²) in [6.45, 7) is 0. The third-order valence-corrected chi connectivity index (χ3v) is 1.82. The highest BCUT2D eigenvalue weighted by atomic mass is 16.4. The Balaban J connectivity index is 2.84. The van der Waals surface area contributed by atoms with Crippen LogP contribution >= 0.6 is 0 Å². The predicted octanol–water partition coefficient (Wildman–Crippen LogP) is 1.71. The first-order valence-corrected chi connectivity index (χ1v) is 3.68. The molecule has 0 radical (unpaired) electrons. The van der Waals surface area contributed by atoms with Crippen molar-refractivity contribution in [2.45, 2.75) is 0 Å². The van der Waals surface area contributed by atoms with Crippen LogP contribution in [0.4, 0.5) is 5.69 Å². The Morgan fingerprint density at radius 3 is 2.92 bits per heavy atom. The molecular formula is C9H7NO3. The second-order valence-corrected chi connectivity index (χ2v) is 2.71. The van der Waals surface area contributed by atoms with Gasteiger partial charge in [-0.2, -0.15) is 0 Å². The van der Waals surface area contributed by atoms with Crippen molar-refractivity contribution < 1.29 is 14.3 Å². The summed E-state index contributed by atoms with van der Waals surface area (Å²) in [5, 5.41) is 9.40. The van der Waals surface area contributed by atoms with Crippen molar-refractivity contribution in [2.24, 2.45) is 0 Å². The molecule has 2 aromatic rings. The van der Waals surface area contributed by atoms with Gasteiger partial charge in [-0.05, 0) is 12.1 Å². The highest BCUT2D eigenvalue weighted by molar-refractivity contribution is 6.03. The van der Waals surface area contributed by atoms with Crippen molar-refractivity contribution in [3.05, 3.63) is 30.0 Å². The molecule has 4 nitrogen and oxygen atoms in total. The molecule has 4 heteroatoms. The van der Waals surface area contributed by atoms with E-state index in [2.05, 4.69) is 0 Å². The number of hydrogen-bond donors (Lipinski definition) is 2. The first kappa shape index (κ1) is 7.67. The molecule has 0 bridgehead atoms. The van der Waals surface area contributed by atoms with Crippen LogP contribution < -0.4 is 5.73 Å². The monoisotopic (exact) mass is 177 g/mol. The van der Waals surface area contributed by atoms with Gasteiger partial charge in [0.2, 0.25) is 0 Å². The number of carboxylic acids is 1. The van der Waals surface area contributed by atoms with Gasteiger partial charge in [-0.15, -0.1) is 0 Å². The number of rotatable bonds is 1. The number of furan rings is 1. The van der Waals surface area contributed by atoms with Crippen LogP contribution in [0.15, 0.2) is 28.9 Å². The number of fused-ring (bicyclic) bond motifs is 1. The number of aromatic carboxylic acids is 1. The molecule has 1 aromatic heterocycles. The summed E-state index contributed by atoms with van der Waals surface area (Å²) in [7, 11) is 0. The molecule has 0 aliphatic carbocycles. The van der Waals surface area contributed by atoms with E-state index in [0.717, 1.165) is 0 Å². The second-order valence-electron chi connectivity index (χ2n) is 2.71. The molecule has 0 fully saturated rings. The van der Waals surface area contributed by atoms with Crippen LogP contribution in [0.5, 0.6) is 0 Å². The predicted molar refractivity (Wildman–Crippen MR) is 47.6 cm³/mol. The lowest BCUT2D eigenvalue weighted by Gasteiger charge is -1.98. The highest BCUT2D eigenvalue weighted by Crippen LogP contribution is 2.23. The first-order valence-electron chi connectivity index (χ1n) is 3.68. The molecule has 1 heterocycles. The molecule has 0 atom stereocenters. The molecule has 0 aliphatic rings. The number of benzene rings is 1. The summed E-state index contributed by atoms with van der Waals surface area (Å²) in [6, 6.07) is 4.63. The van der Waals surface area contributed by atoms with Gasteiger partial charge in [0.1, 0.15) is 5.58 Å². The average Bonchev–Trinajstić information content (AvgIpc) is 2.49. The number of carboxylic acid groups (broad SMARTS) is 1. The van der Waals surface area contributed by atoms with E-state index in [9.17, 15) is 4.79 Å². The van der Waals surface area contributed by atoms with E-state index < -0.39 is 5.97 Å². The van der Waals surface area contributed by atoms with Crippen LogP contribution in [0.2, 0.25) is 0 Å². The Kier molecular flexibility index (Phi) is 1.48. The number of carbonyl (C=O) groups is 1. The molecule has 0 aliphatic heterocycles. The van der Waals surface area contributed by atoms with Gasteiger partial charge in [0.05, 0.1) is 11.8 Å². The standard InChI is InChI=1S/C9H7NO3/c10-5-3-7(9(11)12)6-1-2-13-8(6)4-5/h1-4H,10H2,(H,11,12). The van der Waals surface area contributed by atoms with E-state index in [0.29, 0.717) is 16.7 Å². The largest absolute Gasteiger partial charge is 0.478 e. The maximum Gasteiger partial charge on any atom is 0.336 e. The summed E-state index contributed by atoms with van der Waals surface area (Å²) in [6.07, 6.45) is 1.44. The molecule has 3 N–H and O–H groups in total. The molecule has 66 valence electrons. The minimum Gasteiger partial charge on any atom is -0.478 e. The third-order valence-electron chi connectivity index (χ3n) is 1.82. The summed E-state index contributed by atoms with van der Waals surface area (Å²) in [4.78, 5) is 10.8. The first-order chi connectivity index (χ1) is 6.18. The zero-order valence-electron chi connectivity index (χ0n) is 6.65. The number of nitrogen functional groups attached to an aromatic ring is 1. The zero-order valence-corrected chi connectivity index (χ0v) is 6.65. The normalized spacial score (nSPS) is 10.5. The van der Waals surface area contributed by atoms with E-state index in [4.69, 9.17) is 15.3 Å². The van der Waals surface area contributed by atoms with Gasteiger partial charge in [-0.1, -0.05) is 0 Å². The van der Waals surface area contributed by atoms with Gasteiger partial charge in [-0.25, -0.2) is 4.79 Å². The van der Waals surface area contributed by atoms with Crippen LogP contribution in [0.3, 0.4) is 0 Å². The minimum absolute atomic E-state index is 0.170. The molecule has 0 saturated carbocycles. The topological polar surface area (TPSA) is 76.5 Å². The zero-order chi connectivity index (χ0) is 9.42. The number of anilines is 1. The fourth-order valence-corrected chi connectivity index (χ4v) is 1.27. The fraction of sp³-hybridized carbons (Fsp3) is 0. The molecule has 1 aromatic carbocycles. The lowest BCUT2D eigenvalue weighted by molar-refractivity contribution is 0.0699. The maximum atomic E-state index is 10.8. The second kappa shape index (κ2) is 2.52. The van der Waals surface area contributed by atoms with Gasteiger partial charge >= 0.3 is 5.97 Å². The molecule has 0 spiro atoms. The Morgan fingerprint density at radius 2 is 2.23 bits per heavy atom. The average molecular weight is 177 g/mol. The summed E-state index contributed by atoms with van der Waals surface area (Å²) in [5.41, 5.74) is 6.55. The van der Waals surface area contributed by atoms with Gasteiger partial charge in [0, 0.05) is 17.1 Å². The van der Waals surface area contributed by atoms with Gasteiger partial charge < -0.3 is 15.3 Å². The van der Waals surface area contributed by atoms with Crippen LogP contribution in [-0.2, 0) is 0 Å². The summed E-state index contributed by atoms with van der Waals surface area (Å²) < 4.78 is 5.05. The Labute approximate surface area is 73.6 Å². The lowest BCUT2D eigenvalue weighted by atomic mass is 10.1. The van der Waals surface area contributed by atoms with E-state index >= 15 is 0 Å². The summed E-state index contributed by atoms with van der Waals surface area (Å²) >= 11 is 0. The molecule has 13 heavy (non-hydrogen) atoms. The highest BCUT2D eigenvalue weighted by Gasteiger charge is 2.10. The molecule has 0 unspecified atom stereocenters. The fourth-order valence-electron chi connectivity index (χ4n) is 1.27. The van der Waals surface area contributed by atoms with Crippen LogP contribution in [0.25, 0.3) is 11.0 Å². The lowest BCUT2D eigenvalue weighted by Crippen LogP contribution is -1.98. The number of nitrogens with two attached hydrogens (primary N) is 1. The van der Waals surface area contributed by atoms with Crippen molar-refractivity contribution in [1.29, 1.82) is 0 Å². The van der Waals surface area contributed by atoms with Crippen molar-refractivity contribution in [3.8, 4) is 0 Å². The van der Waals surface area contributed by atoms with Crippen LogP contribution in [-0.4, -0.2) is 11.1 Å². The van der Waals surface area contributed by atoms with Crippen molar-refractivity contribution in [1.82, 2.24) is 0 Å². The van der Waals surface area contributed by atoms with Crippen molar-refractivity contribution >= 4 is 22.6 Å².